The van der Waals surface area contributed by atoms with Gasteiger partial charge in [0.1, 0.15) is 5.75 Å². The number of nitrogens with zero attached hydrogens (tertiary/aromatic N) is 1. The number of Topliss-reactive ketones (excluding diaryl/α,β-unsaturated/α-hetero) is 1. The van der Waals surface area contributed by atoms with Gasteiger partial charge in [0, 0.05) is 5.56 Å². The van der Waals surface area contributed by atoms with E-state index in [-0.39, 0.29) is 22.5 Å². The first kappa shape index (κ1) is 22.0. The van der Waals surface area contributed by atoms with Crippen molar-refractivity contribution < 1.29 is 28.7 Å². The van der Waals surface area contributed by atoms with Gasteiger partial charge in [0.05, 0.1) is 29.5 Å². The third kappa shape index (κ3) is 4.01. The van der Waals surface area contributed by atoms with Crippen LogP contribution in [0.2, 0.25) is 0 Å². The Morgan fingerprint density at radius 3 is 2.21 bits per heavy atom. The van der Waals surface area contributed by atoms with Gasteiger partial charge in [-0.2, -0.15) is 0 Å². The van der Waals surface area contributed by atoms with E-state index in [4.69, 9.17) is 9.47 Å². The van der Waals surface area contributed by atoms with E-state index in [2.05, 4.69) is 0 Å². The van der Waals surface area contributed by atoms with Gasteiger partial charge in [-0.1, -0.05) is 49.4 Å². The molecule has 1 aliphatic rings. The topological polar surface area (TPSA) is 90.0 Å². The van der Waals surface area contributed by atoms with Gasteiger partial charge in [-0.3, -0.25) is 14.4 Å². The van der Waals surface area contributed by atoms with Crippen LogP contribution in [0.5, 0.6) is 5.75 Å². The molecule has 0 spiro atoms. The van der Waals surface area contributed by atoms with E-state index >= 15 is 0 Å². The van der Waals surface area contributed by atoms with Crippen molar-refractivity contribution in [1.82, 2.24) is 0 Å². The number of methoxy groups -OCH3 is 1. The molecule has 0 aliphatic carbocycles. The van der Waals surface area contributed by atoms with Gasteiger partial charge in [0.2, 0.25) is 5.78 Å². The maximum Gasteiger partial charge on any atom is 0.338 e. The fraction of sp³-hybridized carbons (Fsp3) is 0.154. The average Bonchev–Trinajstić information content (AvgIpc) is 3.11. The predicted molar refractivity (Wildman–Crippen MR) is 121 cm³/mol. The molecule has 4 rings (SSSR count). The number of anilines is 1. The Bertz CT molecular complexity index is 1250. The zero-order valence-corrected chi connectivity index (χ0v) is 18.1. The Labute approximate surface area is 190 Å². The number of benzene rings is 3. The monoisotopic (exact) mass is 443 g/mol. The van der Waals surface area contributed by atoms with E-state index in [0.717, 1.165) is 4.90 Å². The lowest BCUT2D eigenvalue weighted by Crippen LogP contribution is -2.29. The molecular formula is C26H21NO6. The fourth-order valence-corrected chi connectivity index (χ4v) is 3.71. The average molecular weight is 443 g/mol. The van der Waals surface area contributed by atoms with Crippen molar-refractivity contribution in [3.8, 4) is 5.75 Å². The SMILES string of the molecule is CC[C@@H](OC(=O)c1ccc2c(c1)C(=O)N(c1ccccc1OC)C2=O)C(=O)c1ccccc1. The molecule has 3 aromatic rings. The summed E-state index contributed by atoms with van der Waals surface area (Å²) in [6, 6.07) is 19.4. The number of hydrogen-bond acceptors (Lipinski definition) is 6. The number of fused-ring (bicyclic) bond motifs is 1. The molecule has 2 amide bonds. The van der Waals surface area contributed by atoms with Crippen LogP contribution in [0.15, 0.2) is 72.8 Å². The van der Waals surface area contributed by atoms with Gasteiger partial charge in [-0.25, -0.2) is 9.69 Å². The van der Waals surface area contributed by atoms with Crippen molar-refractivity contribution in [2.75, 3.05) is 12.0 Å². The number of carbonyl (C=O) groups excluding carboxylic acids is 4. The highest BCUT2D eigenvalue weighted by atomic mass is 16.5. The van der Waals surface area contributed by atoms with Gasteiger partial charge in [0.25, 0.3) is 11.8 Å². The normalized spacial score (nSPS) is 13.5. The van der Waals surface area contributed by atoms with Crippen LogP contribution < -0.4 is 9.64 Å². The minimum absolute atomic E-state index is 0.0797. The van der Waals surface area contributed by atoms with Crippen LogP contribution in [0.1, 0.15) is 54.8 Å². The fourth-order valence-electron chi connectivity index (χ4n) is 3.71. The summed E-state index contributed by atoms with van der Waals surface area (Å²) in [6.07, 6.45) is -0.667. The van der Waals surface area contributed by atoms with Crippen LogP contribution in [0.4, 0.5) is 5.69 Å². The van der Waals surface area contributed by atoms with E-state index < -0.39 is 23.9 Å². The summed E-state index contributed by atoms with van der Waals surface area (Å²) in [7, 11) is 1.45. The van der Waals surface area contributed by atoms with Crippen LogP contribution in [0, 0.1) is 0 Å². The Balaban J connectivity index is 1.59. The smallest absolute Gasteiger partial charge is 0.338 e. The minimum atomic E-state index is -0.962. The van der Waals surface area contributed by atoms with E-state index in [9.17, 15) is 19.2 Å². The molecule has 7 nitrogen and oxygen atoms in total. The molecule has 0 bridgehead atoms. The molecule has 166 valence electrons. The van der Waals surface area contributed by atoms with Crippen LogP contribution in [0.3, 0.4) is 0 Å². The number of para-hydroxylation sites is 2. The Morgan fingerprint density at radius 1 is 0.848 bits per heavy atom. The number of rotatable bonds is 7. The lowest BCUT2D eigenvalue weighted by atomic mass is 10.0. The maximum atomic E-state index is 13.1. The highest BCUT2D eigenvalue weighted by Crippen LogP contribution is 2.35. The Morgan fingerprint density at radius 2 is 1.52 bits per heavy atom. The zero-order valence-electron chi connectivity index (χ0n) is 18.1. The first-order valence-electron chi connectivity index (χ1n) is 10.4. The number of ketones is 1. The molecule has 0 unspecified atom stereocenters. The largest absolute Gasteiger partial charge is 0.495 e. The summed E-state index contributed by atoms with van der Waals surface area (Å²) in [4.78, 5) is 52.5. The van der Waals surface area contributed by atoms with E-state index in [1.165, 1.54) is 25.3 Å². The molecule has 1 aliphatic heterocycles. The Hall–Kier alpha value is -4.26. The first-order chi connectivity index (χ1) is 16.0. The second-order valence-corrected chi connectivity index (χ2v) is 7.41. The second kappa shape index (κ2) is 9.08. The zero-order chi connectivity index (χ0) is 23.5. The lowest BCUT2D eigenvalue weighted by Gasteiger charge is -2.16. The van der Waals surface area contributed by atoms with Crippen LogP contribution in [-0.4, -0.2) is 36.8 Å². The summed E-state index contributed by atoms with van der Waals surface area (Å²) < 4.78 is 10.7. The number of ether oxygens (including phenoxy) is 2. The summed E-state index contributed by atoms with van der Waals surface area (Å²) in [5, 5.41) is 0. The third-order valence-electron chi connectivity index (χ3n) is 5.42. The van der Waals surface area contributed by atoms with Crippen molar-refractivity contribution in [1.29, 1.82) is 0 Å². The van der Waals surface area contributed by atoms with Gasteiger partial charge in [-0.15, -0.1) is 0 Å². The van der Waals surface area contributed by atoms with Crippen molar-refractivity contribution >= 4 is 29.3 Å². The molecular weight excluding hydrogens is 422 g/mol. The number of imide groups is 1. The molecule has 0 saturated heterocycles. The quantitative estimate of drug-likeness (QED) is 0.307. The van der Waals surface area contributed by atoms with Gasteiger partial charge in [0.15, 0.2) is 6.10 Å². The molecule has 0 aromatic heterocycles. The first-order valence-corrected chi connectivity index (χ1v) is 10.4. The molecule has 0 radical (unpaired) electrons. The summed E-state index contributed by atoms with van der Waals surface area (Å²) >= 11 is 0. The third-order valence-corrected chi connectivity index (χ3v) is 5.42. The van der Waals surface area contributed by atoms with Gasteiger partial charge < -0.3 is 9.47 Å². The number of carbonyl (C=O) groups is 4. The number of hydrogen-bond donors (Lipinski definition) is 0. The number of esters is 1. The van der Waals surface area contributed by atoms with Crippen LogP contribution in [-0.2, 0) is 4.74 Å². The second-order valence-electron chi connectivity index (χ2n) is 7.41. The molecule has 0 N–H and O–H groups in total. The molecule has 0 fully saturated rings. The minimum Gasteiger partial charge on any atom is -0.495 e. The van der Waals surface area contributed by atoms with Crippen molar-refractivity contribution in [2.45, 2.75) is 19.4 Å². The van der Waals surface area contributed by atoms with Gasteiger partial charge >= 0.3 is 5.97 Å². The molecule has 0 saturated carbocycles. The molecule has 1 atom stereocenters. The van der Waals surface area contributed by atoms with E-state index in [0.29, 0.717) is 23.4 Å². The van der Waals surface area contributed by atoms with Crippen molar-refractivity contribution in [3.05, 3.63) is 95.1 Å². The highest BCUT2D eigenvalue weighted by Gasteiger charge is 2.38. The molecule has 7 heteroatoms. The van der Waals surface area contributed by atoms with Crippen LogP contribution >= 0.6 is 0 Å². The molecule has 1 heterocycles. The predicted octanol–water partition coefficient (Wildman–Crippen LogP) is 4.31. The lowest BCUT2D eigenvalue weighted by molar-refractivity contribution is 0.0277. The molecule has 3 aromatic carbocycles. The number of amides is 2. The van der Waals surface area contributed by atoms with Gasteiger partial charge in [-0.05, 0) is 36.8 Å². The maximum absolute atomic E-state index is 13.1. The van der Waals surface area contributed by atoms with E-state index in [1.807, 2.05) is 0 Å². The summed E-state index contributed by atoms with van der Waals surface area (Å²) in [5.41, 5.74) is 1.10. The molecule has 33 heavy (non-hydrogen) atoms. The van der Waals surface area contributed by atoms with Crippen molar-refractivity contribution in [3.63, 3.8) is 0 Å². The highest BCUT2D eigenvalue weighted by molar-refractivity contribution is 6.35. The summed E-state index contributed by atoms with van der Waals surface area (Å²) in [5.74, 6) is -1.75. The summed E-state index contributed by atoms with van der Waals surface area (Å²) in [6.45, 7) is 1.74. The van der Waals surface area contributed by atoms with Crippen molar-refractivity contribution in [2.24, 2.45) is 0 Å². The Kier molecular flexibility index (Phi) is 6.04. The standard InChI is InChI=1S/C26H21NO6/c1-3-21(23(28)16-9-5-4-6-10-16)33-26(31)17-13-14-18-19(15-17)25(30)27(24(18)29)20-11-7-8-12-22(20)32-2/h4-15,21H,3H2,1-2H3/t21-/m1/s1. The van der Waals surface area contributed by atoms with E-state index in [1.54, 1.807) is 61.5 Å². The van der Waals surface area contributed by atoms with Crippen LogP contribution in [0.25, 0.3) is 0 Å².